The summed E-state index contributed by atoms with van der Waals surface area (Å²) in [7, 11) is -2.37. The summed E-state index contributed by atoms with van der Waals surface area (Å²) >= 11 is 0. The molecule has 30 heavy (non-hydrogen) atoms. The monoisotopic (exact) mass is 435 g/mol. The van der Waals surface area contributed by atoms with Crippen molar-refractivity contribution >= 4 is 21.7 Å². The summed E-state index contributed by atoms with van der Waals surface area (Å²) in [6, 6.07) is 14.1. The molecule has 0 amide bonds. The van der Waals surface area contributed by atoms with Gasteiger partial charge in [0, 0.05) is 24.9 Å². The number of ether oxygens (including phenoxy) is 1. The molecule has 1 heterocycles. The number of esters is 1. The van der Waals surface area contributed by atoms with E-state index in [2.05, 4.69) is 28.5 Å². The predicted molar refractivity (Wildman–Crippen MR) is 115 cm³/mol. The third-order valence-corrected chi connectivity index (χ3v) is 7.94. The number of nitrogens with one attached hydrogen (secondary N) is 1. The predicted octanol–water partition coefficient (Wildman–Crippen LogP) is 3.22. The first kappa shape index (κ1) is 22.4. The van der Waals surface area contributed by atoms with E-state index < -0.39 is 27.1 Å². The zero-order chi connectivity index (χ0) is 21.8. The zero-order valence-electron chi connectivity index (χ0n) is 17.3. The Labute approximate surface area is 177 Å². The minimum absolute atomic E-state index is 0.0865. The average molecular weight is 436 g/mol. The van der Waals surface area contributed by atoms with Gasteiger partial charge in [0.2, 0.25) is 10.0 Å². The molecule has 1 aliphatic heterocycles. The maximum Gasteiger partial charge on any atom is 0.337 e. The molecule has 0 aliphatic carbocycles. The van der Waals surface area contributed by atoms with Crippen LogP contribution in [0.3, 0.4) is 0 Å². The quantitative estimate of drug-likeness (QED) is 0.535. The zero-order valence-corrected chi connectivity index (χ0v) is 18.1. The highest BCUT2D eigenvalue weighted by Gasteiger charge is 2.39. The SMILES string of the molecule is CC[N+]1(c2ccccc2)CCC(S(=O)(=O)NCc2ccc(C(=O)OC)cc2F)CC1. The van der Waals surface area contributed by atoms with Crippen molar-refractivity contribution in [3.8, 4) is 0 Å². The third-order valence-electron chi connectivity index (χ3n) is 6.04. The van der Waals surface area contributed by atoms with E-state index in [0.717, 1.165) is 30.2 Å². The number of nitrogens with zero attached hydrogens (tertiary/aromatic N) is 1. The molecule has 6 nitrogen and oxygen atoms in total. The van der Waals surface area contributed by atoms with Crippen molar-refractivity contribution in [2.45, 2.75) is 31.6 Å². The molecular formula is C22H28FN2O4S+. The molecule has 1 aliphatic rings. The average Bonchev–Trinajstić information content (AvgIpc) is 2.78. The first-order valence-electron chi connectivity index (χ1n) is 10.1. The van der Waals surface area contributed by atoms with Crippen molar-refractivity contribution in [1.82, 2.24) is 9.21 Å². The third kappa shape index (κ3) is 4.71. The largest absolute Gasteiger partial charge is 0.465 e. The number of likely N-dealkylation sites (tertiary alicyclic amines) is 1. The van der Waals surface area contributed by atoms with Gasteiger partial charge < -0.3 is 4.74 Å². The van der Waals surface area contributed by atoms with Crippen molar-refractivity contribution in [3.05, 3.63) is 65.5 Å². The minimum atomic E-state index is -3.59. The van der Waals surface area contributed by atoms with Crippen molar-refractivity contribution < 1.29 is 22.3 Å². The van der Waals surface area contributed by atoms with Gasteiger partial charge in [-0.3, -0.25) is 4.48 Å². The molecule has 0 unspecified atom stereocenters. The Kier molecular flexibility index (Phi) is 6.90. The van der Waals surface area contributed by atoms with Gasteiger partial charge >= 0.3 is 5.97 Å². The van der Waals surface area contributed by atoms with E-state index >= 15 is 0 Å². The molecule has 0 atom stereocenters. The molecular weight excluding hydrogens is 407 g/mol. The van der Waals surface area contributed by atoms with E-state index in [1.165, 1.54) is 24.9 Å². The summed E-state index contributed by atoms with van der Waals surface area (Å²) < 4.78 is 47.8. The molecule has 0 aromatic heterocycles. The topological polar surface area (TPSA) is 72.5 Å². The van der Waals surface area contributed by atoms with Crippen LogP contribution in [0, 0.1) is 5.82 Å². The Morgan fingerprint density at radius 1 is 1.17 bits per heavy atom. The van der Waals surface area contributed by atoms with Crippen LogP contribution in [0.5, 0.6) is 0 Å². The number of carbonyl (C=O) groups excluding carboxylic acids is 1. The number of carbonyl (C=O) groups is 1. The van der Waals surface area contributed by atoms with Gasteiger partial charge in [-0.2, -0.15) is 0 Å². The molecule has 0 spiro atoms. The fourth-order valence-corrected chi connectivity index (χ4v) is 5.51. The van der Waals surface area contributed by atoms with Crippen LogP contribution in [0.2, 0.25) is 0 Å². The summed E-state index contributed by atoms with van der Waals surface area (Å²) in [5.41, 5.74) is 1.48. The van der Waals surface area contributed by atoms with Crippen molar-refractivity contribution in [3.63, 3.8) is 0 Å². The number of methoxy groups -OCH3 is 1. The lowest BCUT2D eigenvalue weighted by Crippen LogP contribution is -2.57. The number of hydrogen-bond donors (Lipinski definition) is 1. The number of halogens is 1. The molecule has 2 aromatic rings. The number of rotatable bonds is 7. The molecule has 2 aromatic carbocycles. The summed E-state index contributed by atoms with van der Waals surface area (Å²) in [5, 5.41) is -0.503. The van der Waals surface area contributed by atoms with Gasteiger partial charge in [-0.1, -0.05) is 24.3 Å². The molecule has 1 saturated heterocycles. The van der Waals surface area contributed by atoms with E-state index in [9.17, 15) is 17.6 Å². The summed E-state index contributed by atoms with van der Waals surface area (Å²) in [4.78, 5) is 11.5. The minimum Gasteiger partial charge on any atom is -0.465 e. The van der Waals surface area contributed by atoms with Gasteiger partial charge in [0.25, 0.3) is 0 Å². The van der Waals surface area contributed by atoms with Gasteiger partial charge in [0.15, 0.2) is 0 Å². The second kappa shape index (κ2) is 9.24. The van der Waals surface area contributed by atoms with E-state index in [1.807, 2.05) is 18.2 Å². The molecule has 1 N–H and O–H groups in total. The Morgan fingerprint density at radius 3 is 2.40 bits per heavy atom. The first-order chi connectivity index (χ1) is 14.3. The molecule has 3 rings (SSSR count). The summed E-state index contributed by atoms with van der Waals surface area (Å²) in [5.74, 6) is -1.28. The fourth-order valence-electron chi connectivity index (χ4n) is 4.08. The van der Waals surface area contributed by atoms with Gasteiger partial charge in [-0.05, 0) is 31.2 Å². The molecule has 0 bridgehead atoms. The van der Waals surface area contributed by atoms with Crippen molar-refractivity contribution in [1.29, 1.82) is 0 Å². The summed E-state index contributed by atoms with van der Waals surface area (Å²) in [6.07, 6.45) is 1.09. The van der Waals surface area contributed by atoms with Crippen LogP contribution >= 0.6 is 0 Å². The fraction of sp³-hybridized carbons (Fsp3) is 0.409. The van der Waals surface area contributed by atoms with Crippen LogP contribution in [0.15, 0.2) is 48.5 Å². The molecule has 1 fully saturated rings. The van der Waals surface area contributed by atoms with Crippen molar-refractivity contribution in [2.75, 3.05) is 26.7 Å². The number of quaternary nitrogens is 1. The van der Waals surface area contributed by atoms with Crippen LogP contribution in [0.25, 0.3) is 0 Å². The van der Waals surface area contributed by atoms with Gasteiger partial charge in [-0.25, -0.2) is 22.3 Å². The van der Waals surface area contributed by atoms with Crippen LogP contribution in [0.4, 0.5) is 10.1 Å². The smallest absolute Gasteiger partial charge is 0.337 e. The molecule has 0 saturated carbocycles. The number of para-hydroxylation sites is 1. The van der Waals surface area contributed by atoms with E-state index in [0.29, 0.717) is 12.8 Å². The van der Waals surface area contributed by atoms with Gasteiger partial charge in [-0.15, -0.1) is 0 Å². The number of piperidine rings is 1. The van der Waals surface area contributed by atoms with Crippen LogP contribution in [-0.4, -0.2) is 46.4 Å². The number of hydrogen-bond acceptors (Lipinski definition) is 4. The highest BCUT2D eigenvalue weighted by Crippen LogP contribution is 2.30. The van der Waals surface area contributed by atoms with E-state index in [4.69, 9.17) is 0 Å². The lowest BCUT2D eigenvalue weighted by Gasteiger charge is -2.42. The number of sulfonamides is 1. The highest BCUT2D eigenvalue weighted by atomic mass is 32.2. The van der Waals surface area contributed by atoms with Gasteiger partial charge in [0.05, 0.1) is 37.6 Å². The van der Waals surface area contributed by atoms with Crippen LogP contribution < -0.4 is 9.21 Å². The summed E-state index contributed by atoms with van der Waals surface area (Å²) in [6.45, 7) is 4.37. The Balaban J connectivity index is 1.64. The maximum absolute atomic E-state index is 14.3. The molecule has 162 valence electrons. The Hall–Kier alpha value is -2.29. The number of benzene rings is 2. The standard InChI is InChI=1S/C22H28FN2O4S/c1-3-25(19-7-5-4-6-8-19)13-11-20(12-14-25)30(27,28)24-16-18-10-9-17(15-21(18)23)22(26)29-2/h4-10,15,20,24H,3,11-14,16H2,1-2H3/q+1. The second-order valence-electron chi connectivity index (χ2n) is 7.61. The van der Waals surface area contributed by atoms with Crippen LogP contribution in [-0.2, 0) is 21.3 Å². The molecule has 8 heteroatoms. The first-order valence-corrected chi connectivity index (χ1v) is 11.6. The van der Waals surface area contributed by atoms with E-state index in [-0.39, 0.29) is 17.7 Å². The van der Waals surface area contributed by atoms with Gasteiger partial charge in [0.1, 0.15) is 11.5 Å². The highest BCUT2D eigenvalue weighted by molar-refractivity contribution is 7.90. The lowest BCUT2D eigenvalue weighted by atomic mass is 10.1. The maximum atomic E-state index is 14.3. The second-order valence-corrected chi connectivity index (χ2v) is 9.65. The Morgan fingerprint density at radius 2 is 1.83 bits per heavy atom. The van der Waals surface area contributed by atoms with E-state index in [1.54, 1.807) is 0 Å². The van der Waals surface area contributed by atoms with Crippen LogP contribution in [0.1, 0.15) is 35.7 Å². The van der Waals surface area contributed by atoms with Crippen molar-refractivity contribution in [2.24, 2.45) is 0 Å². The lowest BCUT2D eigenvalue weighted by molar-refractivity contribution is 0.0600. The normalized spacial score (nSPS) is 21.9. The Bertz CT molecular complexity index is 987. The molecule has 0 radical (unpaired) electrons.